The molecule has 5 rings (SSSR count). The maximum Gasteiger partial charge on any atom is 0.259 e. The number of carbonyl (C=O) groups is 3. The molecule has 1 atom stereocenters. The summed E-state index contributed by atoms with van der Waals surface area (Å²) in [6.45, 7) is 1.82. The van der Waals surface area contributed by atoms with Crippen LogP contribution in [0.5, 0.6) is 0 Å². The average Bonchev–Trinajstić information content (AvgIpc) is 3.42. The van der Waals surface area contributed by atoms with E-state index in [0.717, 1.165) is 27.8 Å². The highest BCUT2D eigenvalue weighted by Crippen LogP contribution is 2.38. The number of fused-ring (bicyclic) bond motifs is 1. The molecule has 2 saturated heterocycles. The standard InChI is InChI=1S/C24H23N3O4S/c25-23(29)22-21(17-7-1-2-8-19(17)32-22)18-14-26(11-12-31-18)24(30)15-5-3-6-16(13-15)27-10-4-9-20(27)28/h1-3,5-8,13,18H,4,9-12,14H2,(H2,25,29)/t18-/m0/s1. The van der Waals surface area contributed by atoms with Crippen LogP contribution >= 0.6 is 11.3 Å². The van der Waals surface area contributed by atoms with Crippen molar-refractivity contribution >= 4 is 44.8 Å². The minimum atomic E-state index is -0.490. The normalized spacial score (nSPS) is 19.0. The fraction of sp³-hybridized carbons (Fsp3) is 0.292. The minimum absolute atomic E-state index is 0.0874. The van der Waals surface area contributed by atoms with Gasteiger partial charge in [0, 0.05) is 41.0 Å². The van der Waals surface area contributed by atoms with E-state index in [1.807, 2.05) is 36.4 Å². The van der Waals surface area contributed by atoms with E-state index in [2.05, 4.69) is 0 Å². The molecule has 3 aromatic rings. The molecule has 3 heterocycles. The van der Waals surface area contributed by atoms with Crippen molar-refractivity contribution in [1.82, 2.24) is 4.90 Å². The van der Waals surface area contributed by atoms with Gasteiger partial charge in [-0.1, -0.05) is 24.3 Å². The van der Waals surface area contributed by atoms with Crippen molar-refractivity contribution < 1.29 is 19.1 Å². The topological polar surface area (TPSA) is 92.9 Å². The molecule has 3 amide bonds. The Morgan fingerprint density at radius 2 is 1.94 bits per heavy atom. The Labute approximate surface area is 189 Å². The number of carbonyl (C=O) groups excluding carboxylic acids is 3. The molecule has 0 spiro atoms. The van der Waals surface area contributed by atoms with Gasteiger partial charge in [-0.05, 0) is 36.1 Å². The van der Waals surface area contributed by atoms with Crippen molar-refractivity contribution in [1.29, 1.82) is 0 Å². The number of nitrogens with zero attached hydrogens (tertiary/aromatic N) is 2. The first-order valence-electron chi connectivity index (χ1n) is 10.7. The van der Waals surface area contributed by atoms with Gasteiger partial charge in [-0.25, -0.2) is 0 Å². The number of thiophene rings is 1. The van der Waals surface area contributed by atoms with E-state index in [1.165, 1.54) is 11.3 Å². The van der Waals surface area contributed by atoms with Gasteiger partial charge in [-0.2, -0.15) is 0 Å². The molecular weight excluding hydrogens is 426 g/mol. The summed E-state index contributed by atoms with van der Waals surface area (Å²) in [4.78, 5) is 41.5. The van der Waals surface area contributed by atoms with Gasteiger partial charge in [0.05, 0.1) is 18.0 Å². The van der Waals surface area contributed by atoms with Crippen LogP contribution in [0.2, 0.25) is 0 Å². The summed E-state index contributed by atoms with van der Waals surface area (Å²) >= 11 is 1.35. The number of primary amides is 1. The molecule has 32 heavy (non-hydrogen) atoms. The summed E-state index contributed by atoms with van der Waals surface area (Å²) in [6, 6.07) is 15.0. The molecule has 2 fully saturated rings. The Hall–Kier alpha value is -3.23. The number of hydrogen-bond acceptors (Lipinski definition) is 5. The summed E-state index contributed by atoms with van der Waals surface area (Å²) in [7, 11) is 0. The van der Waals surface area contributed by atoms with Crippen LogP contribution < -0.4 is 10.6 Å². The van der Waals surface area contributed by atoms with Crippen LogP contribution in [0.15, 0.2) is 48.5 Å². The zero-order valence-corrected chi connectivity index (χ0v) is 18.3. The van der Waals surface area contributed by atoms with E-state index in [9.17, 15) is 14.4 Å². The Bertz CT molecular complexity index is 1220. The number of ether oxygens (including phenoxy) is 1. The lowest BCUT2D eigenvalue weighted by molar-refractivity contribution is -0.117. The maximum atomic E-state index is 13.3. The molecule has 2 aromatic carbocycles. The van der Waals surface area contributed by atoms with Gasteiger partial charge in [-0.3, -0.25) is 14.4 Å². The van der Waals surface area contributed by atoms with Gasteiger partial charge < -0.3 is 20.3 Å². The highest BCUT2D eigenvalue weighted by atomic mass is 32.1. The van der Waals surface area contributed by atoms with E-state index in [0.29, 0.717) is 43.1 Å². The SMILES string of the molecule is NC(=O)c1sc2ccccc2c1[C@@H]1CN(C(=O)c2cccc(N3CCCC3=O)c2)CCO1. The molecule has 2 aliphatic rings. The predicted octanol–water partition coefficient (Wildman–Crippen LogP) is 3.34. The summed E-state index contributed by atoms with van der Waals surface area (Å²) in [5.41, 5.74) is 7.71. The third-order valence-electron chi connectivity index (χ3n) is 6.01. The van der Waals surface area contributed by atoms with Gasteiger partial charge >= 0.3 is 0 Å². The lowest BCUT2D eigenvalue weighted by Crippen LogP contribution is -2.42. The molecule has 1 aromatic heterocycles. The fourth-order valence-corrected chi connectivity index (χ4v) is 5.59. The molecule has 0 aliphatic carbocycles. The van der Waals surface area contributed by atoms with Crippen LogP contribution in [0.25, 0.3) is 10.1 Å². The predicted molar refractivity (Wildman–Crippen MR) is 123 cm³/mol. The van der Waals surface area contributed by atoms with Crippen LogP contribution in [-0.2, 0) is 9.53 Å². The number of nitrogens with two attached hydrogens (primary N) is 1. The number of benzene rings is 2. The van der Waals surface area contributed by atoms with Crippen LogP contribution in [0.3, 0.4) is 0 Å². The average molecular weight is 450 g/mol. The number of rotatable bonds is 4. The fourth-order valence-electron chi connectivity index (χ4n) is 4.49. The summed E-state index contributed by atoms with van der Waals surface area (Å²) < 4.78 is 6.97. The third-order valence-corrected chi connectivity index (χ3v) is 7.21. The molecule has 0 unspecified atom stereocenters. The van der Waals surface area contributed by atoms with Gasteiger partial charge in [-0.15, -0.1) is 11.3 Å². The highest BCUT2D eigenvalue weighted by Gasteiger charge is 2.31. The van der Waals surface area contributed by atoms with Crippen LogP contribution in [0, 0.1) is 0 Å². The monoisotopic (exact) mass is 449 g/mol. The van der Waals surface area contributed by atoms with Crippen molar-refractivity contribution in [3.05, 3.63) is 64.5 Å². The van der Waals surface area contributed by atoms with E-state index >= 15 is 0 Å². The summed E-state index contributed by atoms with van der Waals surface area (Å²) in [5, 5.41) is 0.931. The largest absolute Gasteiger partial charge is 0.370 e. The molecule has 0 bridgehead atoms. The van der Waals surface area contributed by atoms with Crippen LogP contribution in [0.1, 0.15) is 44.5 Å². The molecule has 7 nitrogen and oxygen atoms in total. The molecule has 0 radical (unpaired) electrons. The first-order valence-corrected chi connectivity index (χ1v) is 11.5. The first kappa shape index (κ1) is 20.7. The second kappa shape index (κ2) is 8.37. The van der Waals surface area contributed by atoms with Crippen LogP contribution in [0.4, 0.5) is 5.69 Å². The smallest absolute Gasteiger partial charge is 0.259 e. The van der Waals surface area contributed by atoms with Crippen molar-refractivity contribution in [3.8, 4) is 0 Å². The van der Waals surface area contributed by atoms with Gasteiger partial charge in [0.25, 0.3) is 11.8 Å². The van der Waals surface area contributed by atoms with Gasteiger partial charge in [0.2, 0.25) is 5.91 Å². The zero-order chi connectivity index (χ0) is 22.2. The van der Waals surface area contributed by atoms with Crippen molar-refractivity contribution in [3.63, 3.8) is 0 Å². The van der Waals surface area contributed by atoms with E-state index in [4.69, 9.17) is 10.5 Å². The molecule has 0 saturated carbocycles. The number of morpholine rings is 1. The highest BCUT2D eigenvalue weighted by molar-refractivity contribution is 7.21. The summed E-state index contributed by atoms with van der Waals surface area (Å²) in [5.74, 6) is -0.521. The zero-order valence-electron chi connectivity index (χ0n) is 17.5. The lowest BCUT2D eigenvalue weighted by Gasteiger charge is -2.33. The summed E-state index contributed by atoms with van der Waals surface area (Å²) in [6.07, 6.45) is 0.939. The second-order valence-electron chi connectivity index (χ2n) is 8.02. The minimum Gasteiger partial charge on any atom is -0.370 e. The number of anilines is 1. The quantitative estimate of drug-likeness (QED) is 0.661. The van der Waals surface area contributed by atoms with Gasteiger partial charge in [0.15, 0.2) is 0 Å². The number of hydrogen-bond donors (Lipinski definition) is 1. The molecular formula is C24H23N3O4S. The Balaban J connectivity index is 1.42. The van der Waals surface area contributed by atoms with E-state index < -0.39 is 12.0 Å². The molecule has 8 heteroatoms. The van der Waals surface area contributed by atoms with Gasteiger partial charge in [0.1, 0.15) is 6.10 Å². The Morgan fingerprint density at radius 1 is 1.09 bits per heavy atom. The van der Waals surface area contributed by atoms with Crippen molar-refractivity contribution in [2.24, 2.45) is 5.73 Å². The third kappa shape index (κ3) is 3.65. The molecule has 2 aliphatic heterocycles. The van der Waals surface area contributed by atoms with E-state index in [1.54, 1.807) is 21.9 Å². The maximum absolute atomic E-state index is 13.3. The van der Waals surface area contributed by atoms with E-state index in [-0.39, 0.29) is 11.8 Å². The Kier molecular flexibility index (Phi) is 5.40. The lowest BCUT2D eigenvalue weighted by atomic mass is 10.0. The second-order valence-corrected chi connectivity index (χ2v) is 9.07. The molecule has 2 N–H and O–H groups in total. The van der Waals surface area contributed by atoms with Crippen molar-refractivity contribution in [2.75, 3.05) is 31.1 Å². The first-order chi connectivity index (χ1) is 15.5. The van der Waals surface area contributed by atoms with Crippen molar-refractivity contribution in [2.45, 2.75) is 18.9 Å². The number of amides is 3. The molecule has 164 valence electrons. The Morgan fingerprint density at radius 3 is 2.72 bits per heavy atom. The van der Waals surface area contributed by atoms with Crippen LogP contribution in [-0.4, -0.2) is 48.9 Å².